The lowest BCUT2D eigenvalue weighted by molar-refractivity contribution is 0.173. The Morgan fingerprint density at radius 3 is 1.96 bits per heavy atom. The second-order valence-electron chi connectivity index (χ2n) is 8.14. The quantitative estimate of drug-likeness (QED) is 0.738. The molecular formula is C21H33N2O2P. The van der Waals surface area contributed by atoms with Crippen LogP contribution in [0.15, 0.2) is 36.4 Å². The smallest absolute Gasteiger partial charge is 0.249 e. The van der Waals surface area contributed by atoms with E-state index in [4.69, 9.17) is 0 Å². The summed E-state index contributed by atoms with van der Waals surface area (Å²) in [5.41, 5.74) is 1.02. The van der Waals surface area contributed by atoms with Gasteiger partial charge in [0.15, 0.2) is 5.85 Å². The summed E-state index contributed by atoms with van der Waals surface area (Å²) in [5, 5.41) is 11.1. The fraction of sp³-hybridized carbons (Fsp3) is 0.619. The maximum atomic E-state index is 14.4. The van der Waals surface area contributed by atoms with E-state index in [2.05, 4.69) is 37.0 Å². The zero-order valence-electron chi connectivity index (χ0n) is 16.5. The number of hydrogen-bond donors (Lipinski definition) is 1. The van der Waals surface area contributed by atoms with E-state index in [1.807, 2.05) is 36.4 Å². The highest BCUT2D eigenvalue weighted by atomic mass is 31.2. The van der Waals surface area contributed by atoms with E-state index in [1.54, 1.807) is 6.08 Å². The van der Waals surface area contributed by atoms with Crippen molar-refractivity contribution in [3.8, 4) is 0 Å². The second-order valence-corrected chi connectivity index (χ2v) is 10.8. The van der Waals surface area contributed by atoms with E-state index in [-0.39, 0.29) is 24.2 Å². The molecular weight excluding hydrogens is 343 g/mol. The van der Waals surface area contributed by atoms with Crippen molar-refractivity contribution in [2.24, 2.45) is 0 Å². The molecule has 1 saturated heterocycles. The Hall–Kier alpha value is -0.930. The van der Waals surface area contributed by atoms with Crippen LogP contribution in [0.4, 0.5) is 0 Å². The maximum Gasteiger partial charge on any atom is 0.249 e. The summed E-state index contributed by atoms with van der Waals surface area (Å²) in [6, 6.07) is 10.8. The first-order chi connectivity index (χ1) is 12.4. The molecule has 1 aliphatic heterocycles. The van der Waals surface area contributed by atoms with Gasteiger partial charge in [0.25, 0.3) is 0 Å². The predicted octanol–water partition coefficient (Wildman–Crippen LogP) is 4.96. The topological polar surface area (TPSA) is 43.8 Å². The third-order valence-corrected chi connectivity index (χ3v) is 9.40. The summed E-state index contributed by atoms with van der Waals surface area (Å²) in [7, 11) is -3.10. The van der Waals surface area contributed by atoms with Gasteiger partial charge in [-0.25, -0.2) is 9.34 Å². The number of aliphatic hydroxyl groups is 1. The number of aliphatic hydroxyl groups excluding tert-OH is 1. The van der Waals surface area contributed by atoms with Crippen LogP contribution in [-0.4, -0.2) is 44.5 Å². The summed E-state index contributed by atoms with van der Waals surface area (Å²) >= 11 is 0. The van der Waals surface area contributed by atoms with Crippen LogP contribution in [0, 0.1) is 0 Å². The summed E-state index contributed by atoms with van der Waals surface area (Å²) in [6.07, 6.45) is 8.15. The average Bonchev–Trinajstić information content (AvgIpc) is 2.90. The Labute approximate surface area is 158 Å². The molecule has 0 amide bonds. The molecule has 1 N–H and O–H groups in total. The number of fused-ring (bicyclic) bond motifs is 1. The van der Waals surface area contributed by atoms with Crippen molar-refractivity contribution in [3.63, 3.8) is 0 Å². The highest BCUT2D eigenvalue weighted by Crippen LogP contribution is 2.67. The molecule has 1 saturated carbocycles. The molecule has 4 nitrogen and oxygen atoms in total. The van der Waals surface area contributed by atoms with E-state index in [1.165, 1.54) is 12.8 Å². The van der Waals surface area contributed by atoms with Crippen molar-refractivity contribution in [2.75, 3.05) is 0 Å². The highest BCUT2D eigenvalue weighted by molar-refractivity contribution is 7.60. The Morgan fingerprint density at radius 2 is 1.50 bits per heavy atom. The van der Waals surface area contributed by atoms with Gasteiger partial charge < -0.3 is 5.11 Å². The first-order valence-electron chi connectivity index (χ1n) is 9.96. The second kappa shape index (κ2) is 7.98. The average molecular weight is 376 g/mol. The Kier molecular flexibility index (Phi) is 6.08. The molecule has 1 unspecified atom stereocenters. The van der Waals surface area contributed by atoms with Crippen LogP contribution in [0.2, 0.25) is 0 Å². The molecule has 0 radical (unpaired) electrons. The summed E-state index contributed by atoms with van der Waals surface area (Å²) in [5.74, 6) is -0.974. The van der Waals surface area contributed by atoms with Gasteiger partial charge in [0, 0.05) is 24.2 Å². The van der Waals surface area contributed by atoms with Crippen molar-refractivity contribution in [1.82, 2.24) is 9.34 Å². The molecule has 1 aromatic rings. The van der Waals surface area contributed by atoms with E-state index in [0.717, 1.165) is 18.4 Å². The Morgan fingerprint density at radius 1 is 1.00 bits per heavy atom. The highest BCUT2D eigenvalue weighted by Gasteiger charge is 2.59. The van der Waals surface area contributed by atoms with Gasteiger partial charge in [0.1, 0.15) is 0 Å². The lowest BCUT2D eigenvalue weighted by Gasteiger charge is -2.38. The van der Waals surface area contributed by atoms with E-state index in [9.17, 15) is 9.67 Å². The van der Waals surface area contributed by atoms with Crippen LogP contribution in [-0.2, 0) is 4.57 Å². The number of nitrogens with zero attached hydrogens (tertiary/aromatic N) is 2. The van der Waals surface area contributed by atoms with Gasteiger partial charge in [-0.2, -0.15) is 0 Å². The molecule has 1 heterocycles. The van der Waals surface area contributed by atoms with Gasteiger partial charge >= 0.3 is 0 Å². The number of hydrogen-bond acceptors (Lipinski definition) is 2. The van der Waals surface area contributed by atoms with Crippen molar-refractivity contribution in [2.45, 2.75) is 83.4 Å². The van der Waals surface area contributed by atoms with Crippen LogP contribution in [0.5, 0.6) is 0 Å². The van der Waals surface area contributed by atoms with Crippen molar-refractivity contribution in [1.29, 1.82) is 0 Å². The van der Waals surface area contributed by atoms with Crippen molar-refractivity contribution in [3.05, 3.63) is 42.0 Å². The standard InChI is InChI=1S/C21H33N2O2P/c1-16(2)22-19-12-8-9-13-20(19)23(17(3)4)26(22,25)21(24)15-14-18-10-6-5-7-11-18/h5-7,10-11,14-17,19-21,24H,8-9,12-13H2,1-4H3/b15-14+/t19-,20-,21?/m1/s1. The number of benzene rings is 1. The molecule has 3 atom stereocenters. The monoisotopic (exact) mass is 376 g/mol. The van der Waals surface area contributed by atoms with Gasteiger partial charge in [0.05, 0.1) is 0 Å². The Balaban J connectivity index is 1.98. The molecule has 2 fully saturated rings. The van der Waals surface area contributed by atoms with Gasteiger partial charge in [-0.15, -0.1) is 0 Å². The molecule has 1 aliphatic carbocycles. The van der Waals surface area contributed by atoms with Crippen LogP contribution in [0.25, 0.3) is 6.08 Å². The SMILES string of the molecule is CC(C)N1[C@@H]2CCCC[C@H]2N(C(C)C)P1(=O)C(O)/C=C/c1ccccc1. The van der Waals surface area contributed by atoms with Gasteiger partial charge in [-0.1, -0.05) is 49.2 Å². The zero-order chi connectivity index (χ0) is 18.9. The van der Waals surface area contributed by atoms with E-state index >= 15 is 0 Å². The molecule has 2 aliphatic rings. The van der Waals surface area contributed by atoms with Crippen LogP contribution in [0.1, 0.15) is 58.9 Å². The lowest BCUT2D eigenvalue weighted by Crippen LogP contribution is -2.43. The van der Waals surface area contributed by atoms with Gasteiger partial charge in [-0.3, -0.25) is 4.57 Å². The first kappa shape index (κ1) is 19.8. The fourth-order valence-corrected chi connectivity index (χ4v) is 8.64. The Bertz CT molecular complexity index is 646. The number of rotatable bonds is 5. The predicted molar refractivity (Wildman–Crippen MR) is 109 cm³/mol. The largest absolute Gasteiger partial charge is 0.378 e. The maximum absolute atomic E-state index is 14.4. The fourth-order valence-electron chi connectivity index (χ4n) is 4.83. The minimum absolute atomic E-state index is 0.148. The van der Waals surface area contributed by atoms with Crippen LogP contribution >= 0.6 is 7.44 Å². The summed E-state index contributed by atoms with van der Waals surface area (Å²) in [6.45, 7) is 8.43. The normalized spacial score (nSPS) is 28.1. The van der Waals surface area contributed by atoms with E-state index < -0.39 is 13.3 Å². The van der Waals surface area contributed by atoms with Gasteiger partial charge in [0.2, 0.25) is 7.44 Å². The third-order valence-electron chi connectivity index (χ3n) is 5.70. The molecule has 26 heavy (non-hydrogen) atoms. The van der Waals surface area contributed by atoms with E-state index in [0.29, 0.717) is 0 Å². The zero-order valence-corrected chi connectivity index (χ0v) is 17.3. The molecule has 144 valence electrons. The molecule has 1 aromatic carbocycles. The molecule has 0 spiro atoms. The lowest BCUT2D eigenvalue weighted by atomic mass is 9.89. The van der Waals surface area contributed by atoms with Crippen LogP contribution in [0.3, 0.4) is 0 Å². The molecule has 0 bridgehead atoms. The minimum Gasteiger partial charge on any atom is -0.378 e. The molecule has 0 aromatic heterocycles. The third kappa shape index (κ3) is 3.45. The molecule has 5 heteroatoms. The summed E-state index contributed by atoms with van der Waals surface area (Å²) in [4.78, 5) is 0. The van der Waals surface area contributed by atoms with Crippen molar-refractivity contribution < 1.29 is 9.67 Å². The van der Waals surface area contributed by atoms with Crippen LogP contribution < -0.4 is 0 Å². The molecule has 3 rings (SSSR count). The van der Waals surface area contributed by atoms with Crippen molar-refractivity contribution >= 4 is 13.5 Å². The minimum atomic E-state index is -3.10. The van der Waals surface area contributed by atoms with Gasteiger partial charge in [-0.05, 0) is 52.2 Å². The first-order valence-corrected chi connectivity index (χ1v) is 11.6. The summed E-state index contributed by atoms with van der Waals surface area (Å²) < 4.78 is 18.7.